The van der Waals surface area contributed by atoms with E-state index >= 15 is 0 Å². The summed E-state index contributed by atoms with van der Waals surface area (Å²) in [6, 6.07) is 6.11. The number of aromatic nitrogens is 3. The molecule has 0 fully saturated rings. The molecule has 0 aliphatic rings. The highest BCUT2D eigenvalue weighted by Crippen LogP contribution is 2.24. The first-order valence-corrected chi connectivity index (χ1v) is 10.7. The molecule has 3 heterocycles. The molecule has 0 radical (unpaired) electrons. The predicted octanol–water partition coefficient (Wildman–Crippen LogP) is 3.92. The van der Waals surface area contributed by atoms with Crippen LogP contribution in [-0.4, -0.2) is 26.8 Å². The Hall–Kier alpha value is -2.58. The van der Waals surface area contributed by atoms with Crippen molar-refractivity contribution < 1.29 is 9.53 Å². The van der Waals surface area contributed by atoms with Crippen molar-refractivity contribution in [3.05, 3.63) is 55.6 Å². The first-order chi connectivity index (χ1) is 13.4. The van der Waals surface area contributed by atoms with Crippen LogP contribution in [0.1, 0.15) is 30.1 Å². The Bertz CT molecular complexity index is 1240. The van der Waals surface area contributed by atoms with Gasteiger partial charge < -0.3 is 4.74 Å². The lowest BCUT2D eigenvalue weighted by Crippen LogP contribution is -2.26. The van der Waals surface area contributed by atoms with Gasteiger partial charge in [-0.2, -0.15) is 16.4 Å². The Balaban J connectivity index is 1.72. The van der Waals surface area contributed by atoms with E-state index in [4.69, 9.17) is 4.74 Å². The van der Waals surface area contributed by atoms with Crippen molar-refractivity contribution in [3.63, 3.8) is 0 Å². The van der Waals surface area contributed by atoms with Gasteiger partial charge in [0.1, 0.15) is 5.01 Å². The molecule has 0 atom stereocenters. The smallest absolute Gasteiger partial charge is 0.312 e. The molecule has 0 amide bonds. The number of hydrogen-bond donors (Lipinski definition) is 0. The number of rotatable bonds is 5. The predicted molar refractivity (Wildman–Crippen MR) is 112 cm³/mol. The first kappa shape index (κ1) is 18.8. The van der Waals surface area contributed by atoms with Gasteiger partial charge in [-0.05, 0) is 38.5 Å². The van der Waals surface area contributed by atoms with Crippen LogP contribution in [0.15, 0.2) is 33.8 Å². The fourth-order valence-electron chi connectivity index (χ4n) is 3.03. The van der Waals surface area contributed by atoms with Crippen LogP contribution in [0.3, 0.4) is 0 Å². The van der Waals surface area contributed by atoms with Crippen LogP contribution >= 0.6 is 22.7 Å². The zero-order chi connectivity index (χ0) is 19.8. The molecule has 4 rings (SSSR count). The average Bonchev–Trinajstić information content (AvgIpc) is 3.24. The minimum atomic E-state index is -0.351. The Morgan fingerprint density at radius 3 is 2.82 bits per heavy atom. The van der Waals surface area contributed by atoms with Gasteiger partial charge in [0.15, 0.2) is 0 Å². The molecule has 28 heavy (non-hydrogen) atoms. The van der Waals surface area contributed by atoms with E-state index in [9.17, 15) is 9.59 Å². The Labute approximate surface area is 169 Å². The summed E-state index contributed by atoms with van der Waals surface area (Å²) in [7, 11) is 0. The van der Waals surface area contributed by atoms with Gasteiger partial charge >= 0.3 is 5.97 Å². The van der Waals surface area contributed by atoms with Crippen LogP contribution in [0.25, 0.3) is 21.0 Å². The van der Waals surface area contributed by atoms with Crippen molar-refractivity contribution in [3.8, 4) is 0 Å². The maximum absolute atomic E-state index is 12.8. The highest BCUT2D eigenvalue weighted by Gasteiger charge is 2.17. The minimum absolute atomic E-state index is 0.0325. The third-order valence-electron chi connectivity index (χ3n) is 4.23. The summed E-state index contributed by atoms with van der Waals surface area (Å²) >= 11 is 2.97. The second-order valence-corrected chi connectivity index (χ2v) is 8.76. The van der Waals surface area contributed by atoms with Gasteiger partial charge in [-0.15, -0.1) is 11.3 Å². The SMILES string of the molecule is Cc1ccc2sc(Cn3nc(CC(=O)OC(C)C)c4cscc4c3=O)nc2c1. The lowest BCUT2D eigenvalue weighted by atomic mass is 10.2. The number of aryl methyl sites for hydroxylation is 1. The number of ether oxygens (including phenoxy) is 1. The molecule has 0 spiro atoms. The zero-order valence-electron chi connectivity index (χ0n) is 15.8. The molecule has 0 N–H and O–H groups in total. The molecule has 0 aliphatic heterocycles. The number of esters is 1. The van der Waals surface area contributed by atoms with Crippen LogP contribution in [0.2, 0.25) is 0 Å². The Morgan fingerprint density at radius 2 is 2.04 bits per heavy atom. The number of hydrogen-bond acceptors (Lipinski definition) is 7. The molecule has 144 valence electrons. The maximum atomic E-state index is 12.8. The van der Waals surface area contributed by atoms with Crippen molar-refractivity contribution in [2.75, 3.05) is 0 Å². The Morgan fingerprint density at radius 1 is 1.25 bits per heavy atom. The van der Waals surface area contributed by atoms with Crippen molar-refractivity contribution in [1.82, 2.24) is 14.8 Å². The fraction of sp³-hybridized carbons (Fsp3) is 0.300. The third kappa shape index (κ3) is 3.70. The molecule has 0 saturated heterocycles. The van der Waals surface area contributed by atoms with Crippen LogP contribution in [0.5, 0.6) is 0 Å². The van der Waals surface area contributed by atoms with Crippen molar-refractivity contribution in [2.24, 2.45) is 0 Å². The number of carbonyl (C=O) groups excluding carboxylic acids is 1. The fourth-order valence-corrected chi connectivity index (χ4v) is 4.79. The van der Waals surface area contributed by atoms with Crippen molar-refractivity contribution in [1.29, 1.82) is 0 Å². The van der Waals surface area contributed by atoms with Gasteiger partial charge in [-0.3, -0.25) is 9.59 Å². The lowest BCUT2D eigenvalue weighted by molar-refractivity contribution is -0.146. The summed E-state index contributed by atoms with van der Waals surface area (Å²) in [5, 5.41) is 10.2. The topological polar surface area (TPSA) is 74.1 Å². The molecule has 0 aliphatic carbocycles. The van der Waals surface area contributed by atoms with Gasteiger partial charge in [-0.25, -0.2) is 9.67 Å². The second-order valence-electron chi connectivity index (χ2n) is 6.90. The molecule has 4 aromatic rings. The van der Waals surface area contributed by atoms with Gasteiger partial charge in [-0.1, -0.05) is 6.07 Å². The third-order valence-corrected chi connectivity index (χ3v) is 6.00. The molecule has 0 unspecified atom stereocenters. The molecule has 3 aromatic heterocycles. The first-order valence-electron chi connectivity index (χ1n) is 8.92. The molecule has 1 aromatic carbocycles. The summed E-state index contributed by atoms with van der Waals surface area (Å²) in [6.07, 6.45) is -0.160. The van der Waals surface area contributed by atoms with Crippen molar-refractivity contribution in [2.45, 2.75) is 39.8 Å². The quantitative estimate of drug-likeness (QED) is 0.464. The summed E-state index contributed by atoms with van der Waals surface area (Å²) in [6.45, 7) is 5.91. The van der Waals surface area contributed by atoms with E-state index in [-0.39, 0.29) is 30.6 Å². The number of benzene rings is 1. The normalized spacial score (nSPS) is 11.6. The van der Waals surface area contributed by atoms with Gasteiger partial charge in [0, 0.05) is 16.1 Å². The molecule has 0 saturated carbocycles. The number of thiophene rings is 1. The van der Waals surface area contributed by atoms with Crippen molar-refractivity contribution >= 4 is 49.6 Å². The number of fused-ring (bicyclic) bond motifs is 2. The average molecular weight is 414 g/mol. The van der Waals surface area contributed by atoms with Gasteiger partial charge in [0.25, 0.3) is 5.56 Å². The van der Waals surface area contributed by atoms with E-state index in [0.717, 1.165) is 20.8 Å². The lowest BCUT2D eigenvalue weighted by Gasteiger charge is -2.10. The summed E-state index contributed by atoms with van der Waals surface area (Å²) in [5.41, 5.74) is 2.45. The number of carbonyl (C=O) groups is 1. The van der Waals surface area contributed by atoms with Gasteiger partial charge in [0.05, 0.1) is 40.4 Å². The largest absolute Gasteiger partial charge is 0.463 e. The van der Waals surface area contributed by atoms with E-state index in [2.05, 4.69) is 10.1 Å². The highest BCUT2D eigenvalue weighted by atomic mass is 32.1. The second kappa shape index (κ2) is 7.44. The summed E-state index contributed by atoms with van der Waals surface area (Å²) in [4.78, 5) is 29.6. The van der Waals surface area contributed by atoms with Crippen LogP contribution in [-0.2, 0) is 22.5 Å². The molecular weight excluding hydrogens is 394 g/mol. The number of thiazole rings is 1. The van der Waals surface area contributed by atoms with Crippen LogP contribution in [0, 0.1) is 6.92 Å². The number of nitrogens with zero attached hydrogens (tertiary/aromatic N) is 3. The Kier molecular flexibility index (Phi) is 4.99. The van der Waals surface area contributed by atoms with Gasteiger partial charge in [0.2, 0.25) is 0 Å². The molecule has 8 heteroatoms. The standard InChI is InChI=1S/C20H19N3O3S2/c1-11(2)26-19(24)7-15-13-9-27-10-14(13)20(25)23(22-15)8-18-21-16-6-12(3)4-5-17(16)28-18/h4-6,9-11H,7-8H2,1-3H3. The molecular formula is C20H19N3O3S2. The monoisotopic (exact) mass is 413 g/mol. The zero-order valence-corrected chi connectivity index (χ0v) is 17.4. The van der Waals surface area contributed by atoms with E-state index in [1.165, 1.54) is 16.0 Å². The van der Waals surface area contributed by atoms with E-state index in [1.807, 2.05) is 30.5 Å². The minimum Gasteiger partial charge on any atom is -0.463 e. The van der Waals surface area contributed by atoms with Crippen LogP contribution in [0.4, 0.5) is 0 Å². The summed E-state index contributed by atoms with van der Waals surface area (Å²) in [5.74, 6) is -0.351. The van der Waals surface area contributed by atoms with E-state index in [0.29, 0.717) is 16.5 Å². The molecule has 0 bridgehead atoms. The van der Waals surface area contributed by atoms with E-state index in [1.54, 1.807) is 30.6 Å². The molecule has 6 nitrogen and oxygen atoms in total. The van der Waals surface area contributed by atoms with Crippen LogP contribution < -0.4 is 5.56 Å². The highest BCUT2D eigenvalue weighted by molar-refractivity contribution is 7.18. The summed E-state index contributed by atoms with van der Waals surface area (Å²) < 4.78 is 7.72. The maximum Gasteiger partial charge on any atom is 0.312 e. The van der Waals surface area contributed by atoms with E-state index < -0.39 is 0 Å².